The Morgan fingerprint density at radius 2 is 2.10 bits per heavy atom. The van der Waals surface area contributed by atoms with E-state index in [1.165, 1.54) is 0 Å². The normalized spacial score (nSPS) is 11.9. The van der Waals surface area contributed by atoms with Gasteiger partial charge in [0.15, 0.2) is 6.04 Å². The number of hydrogen-bond acceptors (Lipinski definition) is 4. The van der Waals surface area contributed by atoms with Crippen LogP contribution in [0, 0.1) is 6.92 Å². The third-order valence-corrected chi connectivity index (χ3v) is 2.97. The van der Waals surface area contributed by atoms with E-state index in [0.717, 1.165) is 16.9 Å². The van der Waals surface area contributed by atoms with Crippen molar-refractivity contribution < 1.29 is 9.53 Å². The van der Waals surface area contributed by atoms with Gasteiger partial charge in [-0.25, -0.2) is 4.79 Å². The second-order valence-electron chi connectivity index (χ2n) is 4.54. The van der Waals surface area contributed by atoms with E-state index >= 15 is 0 Å². The number of aryl methyl sites for hydroxylation is 2. The molecule has 106 valence electrons. The summed E-state index contributed by atoms with van der Waals surface area (Å²) in [6.07, 6.45) is 1.84. The summed E-state index contributed by atoms with van der Waals surface area (Å²) in [7, 11) is 1.83. The van der Waals surface area contributed by atoms with Crippen LogP contribution in [0.25, 0.3) is 0 Å². The van der Waals surface area contributed by atoms with E-state index in [-0.39, 0.29) is 5.97 Å². The van der Waals surface area contributed by atoms with E-state index < -0.39 is 6.04 Å². The van der Waals surface area contributed by atoms with Crippen LogP contribution < -0.4 is 5.32 Å². The van der Waals surface area contributed by atoms with Crippen molar-refractivity contribution in [3.63, 3.8) is 0 Å². The Morgan fingerprint density at radius 1 is 1.40 bits per heavy atom. The van der Waals surface area contributed by atoms with Gasteiger partial charge in [0.1, 0.15) is 0 Å². The summed E-state index contributed by atoms with van der Waals surface area (Å²) in [6, 6.07) is 9.04. The molecule has 2 aromatic rings. The zero-order valence-electron chi connectivity index (χ0n) is 12.0. The molecule has 1 aromatic carbocycles. The molecule has 1 unspecified atom stereocenters. The minimum Gasteiger partial charge on any atom is -0.464 e. The largest absolute Gasteiger partial charge is 0.464 e. The Balaban J connectivity index is 2.30. The maximum Gasteiger partial charge on any atom is 0.333 e. The maximum atomic E-state index is 12.2. The third-order valence-electron chi connectivity index (χ3n) is 2.97. The number of carbonyl (C=O) groups is 1. The molecule has 20 heavy (non-hydrogen) atoms. The Kier molecular flexibility index (Phi) is 4.40. The molecule has 0 saturated carbocycles. The minimum atomic E-state index is -0.550. The van der Waals surface area contributed by atoms with E-state index in [1.54, 1.807) is 11.6 Å². The van der Waals surface area contributed by atoms with Crippen LogP contribution in [0.5, 0.6) is 0 Å². The van der Waals surface area contributed by atoms with Gasteiger partial charge >= 0.3 is 5.97 Å². The maximum absolute atomic E-state index is 12.2. The monoisotopic (exact) mass is 273 g/mol. The molecule has 1 aromatic heterocycles. The van der Waals surface area contributed by atoms with Gasteiger partial charge in [-0.2, -0.15) is 5.10 Å². The van der Waals surface area contributed by atoms with Crippen LogP contribution in [-0.4, -0.2) is 22.4 Å². The molecule has 5 heteroatoms. The predicted molar refractivity (Wildman–Crippen MR) is 77.4 cm³/mol. The van der Waals surface area contributed by atoms with Crippen LogP contribution in [0.1, 0.15) is 24.2 Å². The topological polar surface area (TPSA) is 56.1 Å². The highest BCUT2D eigenvalue weighted by molar-refractivity contribution is 5.81. The first-order chi connectivity index (χ1) is 9.61. The van der Waals surface area contributed by atoms with E-state index in [9.17, 15) is 4.79 Å². The molecule has 0 spiro atoms. The summed E-state index contributed by atoms with van der Waals surface area (Å²) >= 11 is 0. The molecule has 0 aliphatic heterocycles. The molecule has 0 amide bonds. The Bertz CT molecular complexity index is 578. The minimum absolute atomic E-state index is 0.299. The summed E-state index contributed by atoms with van der Waals surface area (Å²) in [5.74, 6) is -0.299. The summed E-state index contributed by atoms with van der Waals surface area (Å²) in [5, 5.41) is 7.49. The van der Waals surface area contributed by atoms with Crippen LogP contribution >= 0.6 is 0 Å². The smallest absolute Gasteiger partial charge is 0.333 e. The van der Waals surface area contributed by atoms with Crippen LogP contribution in [0.2, 0.25) is 0 Å². The van der Waals surface area contributed by atoms with Crippen molar-refractivity contribution in [1.82, 2.24) is 9.78 Å². The summed E-state index contributed by atoms with van der Waals surface area (Å²) in [6.45, 7) is 4.03. The van der Waals surface area contributed by atoms with Crippen LogP contribution in [-0.2, 0) is 16.6 Å². The lowest BCUT2D eigenvalue weighted by Crippen LogP contribution is -2.23. The Morgan fingerprint density at radius 3 is 2.65 bits per heavy atom. The lowest BCUT2D eigenvalue weighted by molar-refractivity contribution is -0.144. The molecule has 1 heterocycles. The molecular formula is C15H19N3O2. The summed E-state index contributed by atoms with van der Waals surface area (Å²) < 4.78 is 6.85. The van der Waals surface area contributed by atoms with E-state index in [4.69, 9.17) is 4.74 Å². The lowest BCUT2D eigenvalue weighted by atomic mass is 10.1. The fraction of sp³-hybridized carbons (Fsp3) is 0.333. The number of hydrogen-bond donors (Lipinski definition) is 1. The SMILES string of the molecule is CCOC(=O)C(Nc1ccccc1)c1cn(C)nc1C. The third kappa shape index (κ3) is 3.17. The van der Waals surface area contributed by atoms with Gasteiger partial charge in [-0.1, -0.05) is 18.2 Å². The predicted octanol–water partition coefficient (Wildman–Crippen LogP) is 2.44. The molecule has 0 radical (unpaired) electrons. The highest BCUT2D eigenvalue weighted by Gasteiger charge is 2.25. The average Bonchev–Trinajstić information content (AvgIpc) is 2.76. The Hall–Kier alpha value is -2.30. The molecule has 5 nitrogen and oxygen atoms in total. The first-order valence-electron chi connectivity index (χ1n) is 6.60. The van der Waals surface area contributed by atoms with Crippen molar-refractivity contribution in [2.75, 3.05) is 11.9 Å². The molecule has 0 fully saturated rings. The number of esters is 1. The molecule has 2 rings (SSSR count). The first kappa shape index (κ1) is 14.1. The van der Waals surface area contributed by atoms with Crippen molar-refractivity contribution in [2.45, 2.75) is 19.9 Å². The van der Waals surface area contributed by atoms with Crippen molar-refractivity contribution >= 4 is 11.7 Å². The fourth-order valence-electron chi connectivity index (χ4n) is 2.09. The van der Waals surface area contributed by atoms with Crippen LogP contribution in [0.15, 0.2) is 36.5 Å². The molecule has 1 N–H and O–H groups in total. The average molecular weight is 273 g/mol. The van der Waals surface area contributed by atoms with Crippen molar-refractivity contribution in [1.29, 1.82) is 0 Å². The highest BCUT2D eigenvalue weighted by atomic mass is 16.5. The number of nitrogens with one attached hydrogen (secondary N) is 1. The fourth-order valence-corrected chi connectivity index (χ4v) is 2.09. The van der Waals surface area contributed by atoms with E-state index in [2.05, 4.69) is 10.4 Å². The van der Waals surface area contributed by atoms with Crippen molar-refractivity contribution in [2.24, 2.45) is 7.05 Å². The van der Waals surface area contributed by atoms with Crippen LogP contribution in [0.3, 0.4) is 0 Å². The van der Waals surface area contributed by atoms with Gasteiger partial charge in [0, 0.05) is 24.5 Å². The summed E-state index contributed by atoms with van der Waals surface area (Å²) in [4.78, 5) is 12.2. The molecular weight excluding hydrogens is 254 g/mol. The molecule has 0 aliphatic carbocycles. The first-order valence-corrected chi connectivity index (χ1v) is 6.60. The van der Waals surface area contributed by atoms with Gasteiger partial charge in [0.25, 0.3) is 0 Å². The van der Waals surface area contributed by atoms with Gasteiger partial charge < -0.3 is 10.1 Å². The number of nitrogens with zero attached hydrogens (tertiary/aromatic N) is 2. The highest BCUT2D eigenvalue weighted by Crippen LogP contribution is 2.23. The Labute approximate surface area is 118 Å². The number of aromatic nitrogens is 2. The van der Waals surface area contributed by atoms with Gasteiger partial charge in [-0.05, 0) is 26.0 Å². The molecule has 1 atom stereocenters. The number of benzene rings is 1. The quantitative estimate of drug-likeness (QED) is 0.850. The molecule has 0 bridgehead atoms. The van der Waals surface area contributed by atoms with Gasteiger partial charge in [0.2, 0.25) is 0 Å². The van der Waals surface area contributed by atoms with Crippen LogP contribution in [0.4, 0.5) is 5.69 Å². The number of anilines is 1. The zero-order chi connectivity index (χ0) is 14.5. The second kappa shape index (κ2) is 6.23. The van der Waals surface area contributed by atoms with Gasteiger partial charge in [0.05, 0.1) is 12.3 Å². The summed E-state index contributed by atoms with van der Waals surface area (Å²) in [5.41, 5.74) is 2.51. The lowest BCUT2D eigenvalue weighted by Gasteiger charge is -2.18. The number of para-hydroxylation sites is 1. The number of carbonyl (C=O) groups excluding carboxylic acids is 1. The zero-order valence-corrected chi connectivity index (χ0v) is 12.0. The standard InChI is InChI=1S/C15H19N3O2/c1-4-20-15(19)14(13-10-18(3)17-11(13)2)16-12-8-6-5-7-9-12/h5-10,14,16H,4H2,1-3H3. The van der Waals surface area contributed by atoms with Crippen molar-refractivity contribution in [3.05, 3.63) is 47.8 Å². The second-order valence-corrected chi connectivity index (χ2v) is 4.54. The number of ether oxygens (including phenoxy) is 1. The van der Waals surface area contributed by atoms with Gasteiger partial charge in [-0.15, -0.1) is 0 Å². The van der Waals surface area contributed by atoms with E-state index in [1.807, 2.05) is 50.5 Å². The van der Waals surface area contributed by atoms with Crippen molar-refractivity contribution in [3.8, 4) is 0 Å². The molecule has 0 aliphatic rings. The number of rotatable bonds is 5. The van der Waals surface area contributed by atoms with E-state index in [0.29, 0.717) is 6.61 Å². The van der Waals surface area contributed by atoms with Gasteiger partial charge in [-0.3, -0.25) is 4.68 Å². The molecule has 0 saturated heterocycles.